The lowest BCUT2D eigenvalue weighted by molar-refractivity contribution is 0.171. The lowest BCUT2D eigenvalue weighted by atomic mass is 9.85. The second-order valence-electron chi connectivity index (χ2n) is 12.4. The van der Waals surface area contributed by atoms with Gasteiger partial charge in [-0.05, 0) is 60.4 Å². The molecule has 0 spiro atoms. The quantitative estimate of drug-likeness (QED) is 0.203. The minimum Gasteiger partial charge on any atom is -0.508 e. The maximum Gasteiger partial charge on any atom is 0.320 e. The Morgan fingerprint density at radius 2 is 1.74 bits per heavy atom. The van der Waals surface area contributed by atoms with Crippen LogP contribution in [0.3, 0.4) is 0 Å². The molecule has 43 heavy (non-hydrogen) atoms. The maximum absolute atomic E-state index is 13.4. The van der Waals surface area contributed by atoms with Gasteiger partial charge in [0.1, 0.15) is 29.2 Å². The van der Waals surface area contributed by atoms with Crippen LogP contribution < -0.4 is 15.4 Å². The Hall–Kier alpha value is -4.86. The van der Waals surface area contributed by atoms with Crippen molar-refractivity contribution in [3.05, 3.63) is 95.6 Å². The monoisotopic (exact) mass is 579 g/mol. The molecule has 3 N–H and O–H groups in total. The summed E-state index contributed by atoms with van der Waals surface area (Å²) < 4.78 is 10.2. The first-order valence-electron chi connectivity index (χ1n) is 14.6. The molecule has 1 aliphatic carbocycles. The van der Waals surface area contributed by atoms with Gasteiger partial charge in [0.05, 0.1) is 23.6 Å². The van der Waals surface area contributed by atoms with Crippen LogP contribution in [0.15, 0.2) is 72.9 Å². The van der Waals surface area contributed by atoms with Crippen molar-refractivity contribution in [3.8, 4) is 17.2 Å². The van der Waals surface area contributed by atoms with Gasteiger partial charge in [-0.15, -0.1) is 10.2 Å². The highest BCUT2D eigenvalue weighted by Crippen LogP contribution is 2.39. The number of phenolic OH excluding ortho intramolecular Hbond substituents is 1. The van der Waals surface area contributed by atoms with Crippen LogP contribution in [0.2, 0.25) is 0 Å². The van der Waals surface area contributed by atoms with Crippen molar-refractivity contribution >= 4 is 17.5 Å². The van der Waals surface area contributed by atoms with E-state index in [1.807, 2.05) is 47.0 Å². The summed E-state index contributed by atoms with van der Waals surface area (Å²) in [6, 6.07) is 20.1. The Morgan fingerprint density at radius 1 is 1.00 bits per heavy atom. The Morgan fingerprint density at radius 3 is 2.47 bits per heavy atom. The van der Waals surface area contributed by atoms with Gasteiger partial charge >= 0.3 is 6.03 Å². The van der Waals surface area contributed by atoms with Crippen molar-refractivity contribution < 1.29 is 14.6 Å². The maximum atomic E-state index is 13.4. The number of carbonyl (C=O) groups excluding carboxylic acids is 1. The lowest BCUT2D eigenvalue weighted by Gasteiger charge is -2.32. The van der Waals surface area contributed by atoms with Gasteiger partial charge in [0.2, 0.25) is 0 Å². The molecule has 3 heterocycles. The normalized spacial score (nSPS) is 16.7. The van der Waals surface area contributed by atoms with E-state index in [2.05, 4.69) is 61.5 Å². The van der Waals surface area contributed by atoms with E-state index in [1.54, 1.807) is 28.9 Å². The molecular formula is C33H37N7O3. The van der Waals surface area contributed by atoms with Crippen molar-refractivity contribution in [2.24, 2.45) is 0 Å². The molecular weight excluding hydrogens is 542 g/mol. The number of pyridine rings is 1. The van der Waals surface area contributed by atoms with Crippen LogP contribution in [0.5, 0.6) is 11.5 Å². The molecule has 5 aromatic rings. The van der Waals surface area contributed by atoms with Gasteiger partial charge in [0, 0.05) is 17.4 Å². The van der Waals surface area contributed by atoms with Gasteiger partial charge in [0.15, 0.2) is 5.65 Å². The number of ether oxygens (including phenoxy) is 1. The minimum absolute atomic E-state index is 0.154. The van der Waals surface area contributed by atoms with Gasteiger partial charge < -0.3 is 15.2 Å². The number of carbonyl (C=O) groups is 1. The van der Waals surface area contributed by atoms with Gasteiger partial charge in [-0.3, -0.25) is 9.72 Å². The highest BCUT2D eigenvalue weighted by molar-refractivity contribution is 5.89. The summed E-state index contributed by atoms with van der Waals surface area (Å²) >= 11 is 0. The van der Waals surface area contributed by atoms with E-state index in [-0.39, 0.29) is 35.3 Å². The zero-order valence-corrected chi connectivity index (χ0v) is 25.1. The first-order chi connectivity index (χ1) is 20.6. The topological polar surface area (TPSA) is 119 Å². The van der Waals surface area contributed by atoms with E-state index in [0.717, 1.165) is 46.2 Å². The van der Waals surface area contributed by atoms with Crippen LogP contribution >= 0.6 is 0 Å². The number of hydrogen-bond donors (Lipinski definition) is 3. The van der Waals surface area contributed by atoms with Crippen LogP contribution in [0, 0.1) is 0 Å². The number of benzene rings is 2. The Balaban J connectivity index is 1.21. The number of nitrogens with one attached hydrogen (secondary N) is 2. The van der Waals surface area contributed by atoms with Crippen LogP contribution in [-0.4, -0.2) is 35.5 Å². The largest absolute Gasteiger partial charge is 0.508 e. The number of hydrogen-bond acceptors (Lipinski definition) is 6. The number of aromatic hydroxyl groups is 1. The number of anilines is 1. The van der Waals surface area contributed by atoms with E-state index in [0.29, 0.717) is 12.2 Å². The third-order valence-electron chi connectivity index (χ3n) is 7.75. The molecule has 0 bridgehead atoms. The summed E-state index contributed by atoms with van der Waals surface area (Å²) in [4.78, 5) is 13.4. The lowest BCUT2D eigenvalue weighted by Crippen LogP contribution is -2.36. The average Bonchev–Trinajstić information content (AvgIpc) is 3.59. The van der Waals surface area contributed by atoms with Crippen LogP contribution in [0.4, 0.5) is 10.6 Å². The zero-order valence-electron chi connectivity index (χ0n) is 25.1. The highest BCUT2D eigenvalue weighted by Gasteiger charge is 2.30. The minimum atomic E-state index is -0.321. The number of fused-ring (bicyclic) bond motifs is 2. The molecule has 0 aliphatic heterocycles. The van der Waals surface area contributed by atoms with E-state index in [1.165, 1.54) is 0 Å². The Bertz CT molecular complexity index is 1770. The highest BCUT2D eigenvalue weighted by atomic mass is 16.5. The zero-order chi connectivity index (χ0) is 30.3. The summed E-state index contributed by atoms with van der Waals surface area (Å²) in [5.74, 6) is 2.58. The Labute approximate surface area is 250 Å². The summed E-state index contributed by atoms with van der Waals surface area (Å²) in [6.45, 7) is 10.4. The summed E-state index contributed by atoms with van der Waals surface area (Å²) in [6.07, 6.45) is 3.25. The third-order valence-corrected chi connectivity index (χ3v) is 7.75. The fourth-order valence-corrected chi connectivity index (χ4v) is 5.48. The number of rotatable bonds is 6. The van der Waals surface area contributed by atoms with Gasteiger partial charge in [-0.2, -0.15) is 5.10 Å². The molecule has 6 rings (SSSR count). The van der Waals surface area contributed by atoms with E-state index >= 15 is 0 Å². The van der Waals surface area contributed by atoms with Gasteiger partial charge in [-0.25, -0.2) is 9.48 Å². The molecule has 0 saturated heterocycles. The van der Waals surface area contributed by atoms with Gasteiger partial charge in [-0.1, -0.05) is 58.9 Å². The Kier molecular flexibility index (Phi) is 7.29. The van der Waals surface area contributed by atoms with Crippen molar-refractivity contribution in [1.82, 2.24) is 29.7 Å². The number of urea groups is 1. The standard InChI is InChI=1S/C33H37N7O3/c1-20(2)31-37-36-29-17-14-23(19-39(29)31)43-27-16-15-26(24-8-6-7-9-25(24)27)34-32(42)35-30-18-28(33(3,4)5)38-40(30)21-10-12-22(41)13-11-21/h6-14,17-20,26-27,41H,15-16H2,1-5H3,(H2,34,35,42). The molecule has 0 saturated carbocycles. The molecule has 3 aromatic heterocycles. The van der Waals surface area contributed by atoms with Crippen LogP contribution in [0.1, 0.15) is 88.2 Å². The molecule has 1 aliphatic rings. The summed E-state index contributed by atoms with van der Waals surface area (Å²) in [5.41, 5.74) is 4.22. The van der Waals surface area contributed by atoms with Crippen molar-refractivity contribution in [2.75, 3.05) is 5.32 Å². The second-order valence-corrected chi connectivity index (χ2v) is 12.4. The van der Waals surface area contributed by atoms with Crippen molar-refractivity contribution in [3.63, 3.8) is 0 Å². The number of aromatic nitrogens is 5. The van der Waals surface area contributed by atoms with Crippen molar-refractivity contribution in [2.45, 2.75) is 70.9 Å². The van der Waals surface area contributed by atoms with E-state index < -0.39 is 0 Å². The smallest absolute Gasteiger partial charge is 0.320 e. The first-order valence-corrected chi connectivity index (χ1v) is 14.6. The second kappa shape index (κ2) is 11.1. The van der Waals surface area contributed by atoms with Gasteiger partial charge in [0.25, 0.3) is 0 Å². The fraction of sp³-hybridized carbons (Fsp3) is 0.333. The molecule has 10 nitrogen and oxygen atoms in total. The molecule has 2 atom stereocenters. The van der Waals surface area contributed by atoms with Crippen molar-refractivity contribution in [1.29, 1.82) is 0 Å². The number of amides is 2. The first kappa shape index (κ1) is 28.3. The molecule has 0 radical (unpaired) electrons. The molecule has 10 heteroatoms. The van der Waals surface area contributed by atoms with E-state index in [4.69, 9.17) is 9.84 Å². The van der Waals surface area contributed by atoms with Crippen LogP contribution in [0.25, 0.3) is 11.3 Å². The molecule has 2 aromatic carbocycles. The molecule has 2 unspecified atom stereocenters. The SMILES string of the molecule is CC(C)c1nnc2ccc(OC3CCC(NC(=O)Nc4cc(C(C)(C)C)nn4-c4ccc(O)cc4)c4ccccc43)cn12. The number of phenols is 1. The van der Waals surface area contributed by atoms with Crippen LogP contribution in [-0.2, 0) is 5.41 Å². The van der Waals surface area contributed by atoms with E-state index in [9.17, 15) is 9.90 Å². The molecule has 222 valence electrons. The molecule has 0 fully saturated rings. The summed E-state index contributed by atoms with van der Waals surface area (Å²) in [5, 5.41) is 29.3. The average molecular weight is 580 g/mol. The number of nitrogens with zero attached hydrogens (tertiary/aromatic N) is 5. The predicted octanol–water partition coefficient (Wildman–Crippen LogP) is 6.82. The predicted molar refractivity (Wildman–Crippen MR) is 165 cm³/mol. The fourth-order valence-electron chi connectivity index (χ4n) is 5.48. The molecule has 2 amide bonds. The third kappa shape index (κ3) is 5.77. The summed E-state index contributed by atoms with van der Waals surface area (Å²) in [7, 11) is 0.